The average Bonchev–Trinajstić information content (AvgIpc) is 2.49. The second-order valence-corrected chi connectivity index (χ2v) is 25.3. The van der Waals surface area contributed by atoms with Crippen LogP contribution in [0, 0.1) is 39.4 Å². The Labute approximate surface area is 459 Å². The first kappa shape index (κ1) is 61.2. The largest absolute Gasteiger partial charge is 0.461 e. The van der Waals surface area contributed by atoms with E-state index in [0.717, 1.165) is 18.4 Å². The summed E-state index contributed by atoms with van der Waals surface area (Å²) in [6.07, 6.45) is -25.7. The van der Waals surface area contributed by atoms with E-state index in [4.69, 9.17) is 47.4 Å². The van der Waals surface area contributed by atoms with Crippen LogP contribution in [-0.4, -0.2) is 234 Å². The van der Waals surface area contributed by atoms with Crippen LogP contribution in [0.2, 0.25) is 0 Å². The van der Waals surface area contributed by atoms with Gasteiger partial charge in [0, 0.05) is 12.3 Å². The smallest absolute Gasteiger partial charge is 0.313 e. The minimum Gasteiger partial charge on any atom is -0.461 e. The molecule has 5 aliphatic heterocycles. The maximum atomic E-state index is 14.5. The minimum atomic E-state index is -2.03. The van der Waals surface area contributed by atoms with Gasteiger partial charge in [-0.05, 0) is 94.3 Å². The highest BCUT2D eigenvalue weighted by molar-refractivity contribution is 5.84. The molecule has 0 aromatic heterocycles. The maximum Gasteiger partial charge on any atom is 0.313 e. The predicted octanol–water partition coefficient (Wildman–Crippen LogP) is -1.53. The first-order valence-corrected chi connectivity index (χ1v) is 28.0. The quantitative estimate of drug-likeness (QED) is 0.0581. The Bertz CT molecular complexity index is 2230. The van der Waals surface area contributed by atoms with E-state index in [2.05, 4.69) is 40.3 Å². The van der Waals surface area contributed by atoms with Gasteiger partial charge in [0.05, 0.1) is 43.9 Å². The highest BCUT2D eigenvalue weighted by Gasteiger charge is 2.79. The number of fused-ring (bicyclic) bond motifs is 5. The molecular formula is C55H86O24. The molecule has 3 saturated carbocycles. The van der Waals surface area contributed by atoms with Crippen molar-refractivity contribution in [3.8, 4) is 0 Å². The van der Waals surface area contributed by atoms with Gasteiger partial charge in [-0.25, -0.2) is 0 Å². The van der Waals surface area contributed by atoms with Gasteiger partial charge < -0.3 is 109 Å². The van der Waals surface area contributed by atoms with Crippen LogP contribution in [0.5, 0.6) is 0 Å². The second-order valence-electron chi connectivity index (χ2n) is 25.3. The lowest BCUT2D eigenvalue weighted by molar-refractivity contribution is -0.392. The maximum absolute atomic E-state index is 14.5. The number of allylic oxidation sites excluding steroid dienone is 3. The molecule has 0 aromatic rings. The third kappa shape index (κ3) is 10.3. The fourth-order valence-electron chi connectivity index (χ4n) is 16.2. The molecule has 12 N–H and O–H groups in total. The van der Waals surface area contributed by atoms with Crippen LogP contribution in [0.4, 0.5) is 0 Å². The Hall–Kier alpha value is -2.38. The Balaban J connectivity index is 0.964. The van der Waals surface area contributed by atoms with E-state index in [0.29, 0.717) is 44.9 Å². The molecule has 0 aromatic carbocycles. The van der Waals surface area contributed by atoms with Crippen molar-refractivity contribution < 1.29 is 118 Å². The van der Waals surface area contributed by atoms with Gasteiger partial charge in [0.2, 0.25) is 0 Å². The number of carbonyl (C=O) groups is 2. The topological polar surface area (TPSA) is 369 Å². The number of hydrogen-bond donors (Lipinski definition) is 12. The van der Waals surface area contributed by atoms with E-state index < -0.39 is 183 Å². The number of aliphatic hydroxyl groups excluding tert-OH is 12. The van der Waals surface area contributed by atoms with Crippen LogP contribution in [-0.2, 0) is 57.0 Å². The van der Waals surface area contributed by atoms with E-state index in [9.17, 15) is 70.9 Å². The Kier molecular flexibility index (Phi) is 17.7. The SMILES string of the molecule is C=C(C)CCC[C@](C)(OC(C)=O)[C@H]1[C@@H]2C[C@@]3(C)C4=CC[C@H]5C(C)(C)[C@@H](O[C@@H]6OC[C@@H](O[C@@H]7O[C@H](CO)[C@@H](O)[C@H](O)[C@H]7O)[C@H](O)[C@H]6O[C@@H]6O[C@H](CO)[C@@H](O[C@@H]7O[C@H](CO)[C@@H](O)[C@H](O)[C@H]7O)[C@H](O)[C@H]6O)CC[C@]5(C)[C@H]4CC[C@]13C(=O)O2. The van der Waals surface area contributed by atoms with Crippen molar-refractivity contribution in [1.29, 1.82) is 0 Å². The van der Waals surface area contributed by atoms with Gasteiger partial charge in [-0.15, -0.1) is 6.58 Å². The number of aliphatic hydroxyl groups is 12. The highest BCUT2D eigenvalue weighted by atomic mass is 16.8. The Morgan fingerprint density at radius 2 is 1.28 bits per heavy atom. The summed E-state index contributed by atoms with van der Waals surface area (Å²) in [6, 6.07) is 0. The van der Waals surface area contributed by atoms with Gasteiger partial charge in [-0.3, -0.25) is 9.59 Å². The lowest BCUT2D eigenvalue weighted by Gasteiger charge is -2.64. The molecular weight excluding hydrogens is 1040 g/mol. The van der Waals surface area contributed by atoms with Crippen molar-refractivity contribution in [2.24, 2.45) is 39.4 Å². The first-order valence-electron chi connectivity index (χ1n) is 28.0. The molecule has 0 unspecified atom stereocenters. The number of esters is 2. The number of carbonyl (C=O) groups excluding carboxylic acids is 2. The van der Waals surface area contributed by atoms with Gasteiger partial charge in [0.25, 0.3) is 0 Å². The normalized spacial score (nSPS) is 50.1. The fraction of sp³-hybridized carbons (Fsp3) is 0.891. The molecule has 8 fully saturated rings. The molecule has 5 heterocycles. The zero-order valence-corrected chi connectivity index (χ0v) is 46.1. The molecule has 450 valence electrons. The van der Waals surface area contributed by atoms with E-state index >= 15 is 0 Å². The lowest BCUT2D eigenvalue weighted by atomic mass is 9.40. The first-order chi connectivity index (χ1) is 37.1. The van der Waals surface area contributed by atoms with Crippen molar-refractivity contribution in [3.05, 3.63) is 23.8 Å². The summed E-state index contributed by atoms with van der Waals surface area (Å²) in [5, 5.41) is 129. The molecule has 28 atom stereocenters. The van der Waals surface area contributed by atoms with Crippen LogP contribution in [0.1, 0.15) is 106 Å². The molecule has 9 aliphatic rings. The molecule has 4 aliphatic carbocycles. The number of ether oxygens (including phenoxy) is 10. The Morgan fingerprint density at radius 3 is 1.86 bits per heavy atom. The molecule has 2 bridgehead atoms. The molecule has 24 heteroatoms. The van der Waals surface area contributed by atoms with E-state index in [-0.39, 0.29) is 29.1 Å². The van der Waals surface area contributed by atoms with Crippen LogP contribution < -0.4 is 0 Å². The summed E-state index contributed by atoms with van der Waals surface area (Å²) in [5.41, 5.74) is -1.10. The summed E-state index contributed by atoms with van der Waals surface area (Å²) < 4.78 is 60.8. The summed E-state index contributed by atoms with van der Waals surface area (Å²) in [4.78, 5) is 27.3. The summed E-state index contributed by atoms with van der Waals surface area (Å²) in [7, 11) is 0. The van der Waals surface area contributed by atoms with Gasteiger partial charge in [0.1, 0.15) is 103 Å². The van der Waals surface area contributed by atoms with Crippen LogP contribution in [0.15, 0.2) is 23.8 Å². The van der Waals surface area contributed by atoms with Crippen LogP contribution in [0.25, 0.3) is 0 Å². The minimum absolute atomic E-state index is 0.000293. The second kappa shape index (κ2) is 22.9. The van der Waals surface area contributed by atoms with Crippen molar-refractivity contribution in [2.45, 2.75) is 241 Å². The van der Waals surface area contributed by atoms with Crippen molar-refractivity contribution in [1.82, 2.24) is 0 Å². The third-order valence-electron chi connectivity index (χ3n) is 20.2. The summed E-state index contributed by atoms with van der Waals surface area (Å²) in [5.74, 6) is -0.924. The highest BCUT2D eigenvalue weighted by Crippen LogP contribution is 2.77. The zero-order chi connectivity index (χ0) is 57.6. The van der Waals surface area contributed by atoms with Gasteiger partial charge in [-0.1, -0.05) is 44.9 Å². The number of rotatable bonds is 17. The van der Waals surface area contributed by atoms with Crippen molar-refractivity contribution in [2.75, 3.05) is 26.4 Å². The van der Waals surface area contributed by atoms with Crippen molar-refractivity contribution >= 4 is 11.9 Å². The standard InChI is InChI=1S/C55H86O24/c1-23(2)10-9-15-54(8,79-24(3)59)45-27-18-53(7)26-11-12-32-51(4,5)33(14-16-52(32,6)25(26)13-17-55(45,53)50(69)75-27)76-49-44(36(62)31(22-70-49)74-46-40(66)37(63)34(60)28(19-56)71-46)78-48-42(68)39(65)43(30(21-58)73-48)77-47-41(67)38(64)35(61)29(20-57)72-47/h11,25,27-49,56-58,60-68H,1,9-10,12-22H2,2-8H3/t25-,27-,28+,29+,30+,31+,32-,33-,34+,35+,36-,37-,38-,39+,40+,41+,42+,43+,44+,45+,46-,47-,48-,49-,52+,53-,54-,55+/m0/s1. The third-order valence-corrected chi connectivity index (χ3v) is 20.2. The van der Waals surface area contributed by atoms with Gasteiger partial charge in [-0.2, -0.15) is 0 Å². The Morgan fingerprint density at radius 1 is 0.709 bits per heavy atom. The van der Waals surface area contributed by atoms with Crippen LogP contribution in [0.3, 0.4) is 0 Å². The fourth-order valence-corrected chi connectivity index (χ4v) is 16.2. The molecule has 0 amide bonds. The number of hydrogen-bond acceptors (Lipinski definition) is 24. The van der Waals surface area contributed by atoms with E-state index in [1.807, 2.05) is 13.8 Å². The summed E-state index contributed by atoms with van der Waals surface area (Å²) >= 11 is 0. The molecule has 9 rings (SSSR count). The molecule has 79 heavy (non-hydrogen) atoms. The molecule has 5 saturated heterocycles. The predicted molar refractivity (Wildman–Crippen MR) is 268 cm³/mol. The van der Waals surface area contributed by atoms with Gasteiger partial charge >= 0.3 is 11.9 Å². The monoisotopic (exact) mass is 1130 g/mol. The van der Waals surface area contributed by atoms with E-state index in [1.54, 1.807) is 0 Å². The summed E-state index contributed by atoms with van der Waals surface area (Å²) in [6.45, 7) is 15.3. The lowest BCUT2D eigenvalue weighted by Crippen LogP contribution is -2.67. The zero-order valence-electron chi connectivity index (χ0n) is 46.1. The van der Waals surface area contributed by atoms with E-state index in [1.165, 1.54) is 12.5 Å². The van der Waals surface area contributed by atoms with Crippen LogP contribution >= 0.6 is 0 Å². The van der Waals surface area contributed by atoms with Crippen molar-refractivity contribution in [3.63, 3.8) is 0 Å². The average molecular weight is 1130 g/mol. The van der Waals surface area contributed by atoms with Gasteiger partial charge in [0.15, 0.2) is 25.2 Å². The molecule has 24 nitrogen and oxygen atoms in total. The molecule has 1 spiro atoms. The molecule has 0 radical (unpaired) electrons.